The molecule has 0 radical (unpaired) electrons. The summed E-state index contributed by atoms with van der Waals surface area (Å²) in [5.41, 5.74) is -1.66. The lowest BCUT2D eigenvalue weighted by atomic mass is 9.93. The molecule has 0 unspecified atom stereocenters. The molecule has 6 nitrogen and oxygen atoms in total. The normalized spacial score (nSPS) is 12.6. The molecule has 2 heterocycles. The van der Waals surface area contributed by atoms with E-state index in [0.717, 1.165) is 25.2 Å². The molecular weight excluding hydrogens is 560 g/mol. The van der Waals surface area contributed by atoms with Gasteiger partial charge >= 0.3 is 6.18 Å². The van der Waals surface area contributed by atoms with Crippen LogP contribution in [-0.4, -0.2) is 27.3 Å². The van der Waals surface area contributed by atoms with Gasteiger partial charge in [0.15, 0.2) is 0 Å². The molecule has 1 amide bonds. The molecule has 41 heavy (non-hydrogen) atoms. The number of ether oxygens (including phenoxy) is 1. The number of hydrogen-bond donors (Lipinski definition) is 2. The third-order valence-corrected chi connectivity index (χ3v) is 7.99. The first-order valence-corrected chi connectivity index (χ1v) is 13.5. The van der Waals surface area contributed by atoms with Crippen molar-refractivity contribution >= 4 is 27.3 Å². The molecular formula is C30H30F4N2O4S. The van der Waals surface area contributed by atoms with Crippen LogP contribution in [0.3, 0.4) is 0 Å². The van der Waals surface area contributed by atoms with Crippen molar-refractivity contribution in [2.45, 2.75) is 58.9 Å². The molecule has 0 aliphatic carbocycles. The Bertz CT molecular complexity index is 1710. The van der Waals surface area contributed by atoms with Crippen molar-refractivity contribution in [1.29, 1.82) is 0 Å². The van der Waals surface area contributed by atoms with Crippen molar-refractivity contribution in [3.63, 3.8) is 0 Å². The molecule has 0 saturated carbocycles. The quantitative estimate of drug-likeness (QED) is 0.235. The van der Waals surface area contributed by atoms with Crippen LogP contribution in [0.4, 0.5) is 17.6 Å². The number of carbonyl (C=O) groups is 1. The van der Waals surface area contributed by atoms with Crippen molar-refractivity contribution < 1.29 is 32.2 Å². The van der Waals surface area contributed by atoms with E-state index in [4.69, 9.17) is 4.74 Å². The van der Waals surface area contributed by atoms with Gasteiger partial charge in [0.05, 0.1) is 20.6 Å². The molecule has 0 atom stereocenters. The van der Waals surface area contributed by atoms with E-state index in [2.05, 4.69) is 0 Å². The maximum atomic E-state index is 14.0. The third kappa shape index (κ3) is 5.87. The third-order valence-electron chi connectivity index (χ3n) is 6.82. The van der Waals surface area contributed by atoms with Crippen LogP contribution in [0.25, 0.3) is 21.2 Å². The Morgan fingerprint density at radius 1 is 1.00 bits per heavy atom. The number of alkyl halides is 3. The number of nitrogens with one attached hydrogen (secondary N) is 1. The van der Waals surface area contributed by atoms with Crippen LogP contribution in [0.5, 0.6) is 11.5 Å². The summed E-state index contributed by atoms with van der Waals surface area (Å²) in [5, 5.41) is 12.9. The lowest BCUT2D eigenvalue weighted by Crippen LogP contribution is -2.54. The average molecular weight is 591 g/mol. The molecule has 0 aliphatic heterocycles. The fourth-order valence-corrected chi connectivity index (χ4v) is 5.42. The second kappa shape index (κ2) is 10.3. The van der Waals surface area contributed by atoms with Crippen LogP contribution < -0.4 is 15.6 Å². The zero-order valence-corrected chi connectivity index (χ0v) is 24.4. The smallest absolute Gasteiger partial charge is 0.410 e. The van der Waals surface area contributed by atoms with Gasteiger partial charge in [-0.15, -0.1) is 11.3 Å². The number of thiophene rings is 1. The number of hydrogen-bond acceptors (Lipinski definition) is 5. The van der Waals surface area contributed by atoms with E-state index in [1.807, 2.05) is 5.32 Å². The Morgan fingerprint density at radius 3 is 2.17 bits per heavy atom. The molecule has 2 N–H and O–H groups in total. The molecule has 4 aromatic rings. The summed E-state index contributed by atoms with van der Waals surface area (Å²) < 4.78 is 62.2. The maximum absolute atomic E-state index is 14.0. The zero-order valence-electron chi connectivity index (χ0n) is 23.6. The van der Waals surface area contributed by atoms with Gasteiger partial charge in [-0.3, -0.25) is 9.59 Å². The van der Waals surface area contributed by atoms with Gasteiger partial charge in [0.25, 0.3) is 11.5 Å². The number of fused-ring (bicyclic) bond motifs is 1. The van der Waals surface area contributed by atoms with E-state index >= 15 is 0 Å². The molecule has 218 valence electrons. The fourth-order valence-electron chi connectivity index (χ4n) is 4.35. The Hall–Kier alpha value is -3.70. The number of aliphatic hydroxyl groups is 1. The summed E-state index contributed by atoms with van der Waals surface area (Å²) in [5.74, 6) is -0.637. The van der Waals surface area contributed by atoms with E-state index in [0.29, 0.717) is 44.0 Å². The van der Waals surface area contributed by atoms with Gasteiger partial charge < -0.3 is 19.7 Å². The highest BCUT2D eigenvalue weighted by atomic mass is 32.1. The highest BCUT2D eigenvalue weighted by Crippen LogP contribution is 2.42. The molecule has 0 fully saturated rings. The highest BCUT2D eigenvalue weighted by molar-refractivity contribution is 7.21. The predicted octanol–water partition coefficient (Wildman–Crippen LogP) is 7.11. The molecule has 0 bridgehead atoms. The Morgan fingerprint density at radius 2 is 1.61 bits per heavy atom. The summed E-state index contributed by atoms with van der Waals surface area (Å²) in [6.45, 7) is 8.32. The fraction of sp³-hybridized carbons (Fsp3) is 0.333. The first kappa shape index (κ1) is 30.3. The van der Waals surface area contributed by atoms with Crippen LogP contribution in [-0.2, 0) is 12.6 Å². The second-order valence-electron chi connectivity index (χ2n) is 11.1. The van der Waals surface area contributed by atoms with Gasteiger partial charge in [-0.05, 0) is 88.6 Å². The van der Waals surface area contributed by atoms with E-state index < -0.39 is 34.6 Å². The average Bonchev–Trinajstić information content (AvgIpc) is 3.28. The van der Waals surface area contributed by atoms with Crippen LogP contribution in [0.15, 0.2) is 47.4 Å². The van der Waals surface area contributed by atoms with Gasteiger partial charge in [-0.2, -0.15) is 13.2 Å². The standard InChI is InChI=1S/C30H30F4N2O4S/c1-15-10-18(31)11-16(2)24(15)40-22-9-8-17(28(3,4)39)12-19(22)21-14-36(7)27(38)20-13-23(41-25(20)21)26(37)35-29(5,6)30(32,33)34/h8-14,39H,1-7H3,(H,35,37). The van der Waals surface area contributed by atoms with Crippen LogP contribution in [0, 0.1) is 19.7 Å². The largest absolute Gasteiger partial charge is 0.456 e. The number of pyridine rings is 1. The van der Waals surface area contributed by atoms with Crippen molar-refractivity contribution in [3.05, 3.63) is 80.3 Å². The molecule has 0 saturated heterocycles. The van der Waals surface area contributed by atoms with Crippen molar-refractivity contribution in [1.82, 2.24) is 9.88 Å². The summed E-state index contributed by atoms with van der Waals surface area (Å²) in [6, 6.07) is 8.97. The lowest BCUT2D eigenvalue weighted by Gasteiger charge is -2.28. The van der Waals surface area contributed by atoms with E-state index in [9.17, 15) is 32.3 Å². The number of nitrogens with zero attached hydrogens (tertiary/aromatic N) is 1. The molecule has 4 rings (SSSR count). The van der Waals surface area contributed by atoms with Crippen LogP contribution >= 0.6 is 11.3 Å². The minimum absolute atomic E-state index is 0.0757. The van der Waals surface area contributed by atoms with Crippen LogP contribution in [0.1, 0.15) is 54.1 Å². The summed E-state index contributed by atoms with van der Waals surface area (Å²) >= 11 is 0.877. The van der Waals surface area contributed by atoms with Crippen molar-refractivity contribution in [3.8, 4) is 22.6 Å². The number of carbonyl (C=O) groups excluding carboxylic acids is 1. The number of aryl methyl sites for hydroxylation is 3. The van der Waals surface area contributed by atoms with Gasteiger partial charge in [0.1, 0.15) is 22.9 Å². The lowest BCUT2D eigenvalue weighted by molar-refractivity contribution is -0.182. The van der Waals surface area contributed by atoms with E-state index in [1.165, 1.54) is 29.8 Å². The molecule has 2 aromatic heterocycles. The number of rotatable bonds is 6. The zero-order chi connectivity index (χ0) is 30.7. The maximum Gasteiger partial charge on any atom is 0.410 e. The Labute approximate surface area is 238 Å². The Kier molecular flexibility index (Phi) is 7.60. The molecule has 0 spiro atoms. The van der Waals surface area contributed by atoms with Crippen molar-refractivity contribution in [2.24, 2.45) is 7.05 Å². The number of aromatic nitrogens is 1. The van der Waals surface area contributed by atoms with Gasteiger partial charge in [-0.1, -0.05) is 6.07 Å². The van der Waals surface area contributed by atoms with Gasteiger partial charge in [0.2, 0.25) is 0 Å². The minimum Gasteiger partial charge on any atom is -0.456 e. The number of halogens is 4. The SMILES string of the molecule is Cc1cc(F)cc(C)c1Oc1ccc(C(C)(C)O)cc1-c1cn(C)c(=O)c2cc(C(=O)NC(C)(C)C(F)(F)F)sc12. The molecule has 0 aliphatic rings. The monoisotopic (exact) mass is 590 g/mol. The van der Waals surface area contributed by atoms with E-state index in [-0.39, 0.29) is 10.3 Å². The first-order valence-electron chi connectivity index (χ1n) is 12.6. The number of amides is 1. The van der Waals surface area contributed by atoms with Gasteiger partial charge in [0, 0.05) is 24.4 Å². The van der Waals surface area contributed by atoms with Crippen molar-refractivity contribution in [2.75, 3.05) is 0 Å². The topological polar surface area (TPSA) is 80.6 Å². The molecule has 2 aromatic carbocycles. The molecule has 11 heteroatoms. The predicted molar refractivity (Wildman–Crippen MR) is 151 cm³/mol. The summed E-state index contributed by atoms with van der Waals surface area (Å²) in [4.78, 5) is 25.9. The highest BCUT2D eigenvalue weighted by Gasteiger charge is 2.48. The summed E-state index contributed by atoms with van der Waals surface area (Å²) in [6.07, 6.45) is -3.15. The summed E-state index contributed by atoms with van der Waals surface area (Å²) in [7, 11) is 1.52. The van der Waals surface area contributed by atoms with E-state index in [1.54, 1.807) is 52.1 Å². The van der Waals surface area contributed by atoms with Gasteiger partial charge in [-0.25, -0.2) is 4.39 Å². The minimum atomic E-state index is -4.69. The first-order chi connectivity index (χ1) is 18.8. The Balaban J connectivity index is 1.94. The van der Waals surface area contributed by atoms with Crippen LogP contribution in [0.2, 0.25) is 0 Å². The number of benzene rings is 2. The second-order valence-corrected chi connectivity index (χ2v) is 12.2.